The molecule has 0 aliphatic carbocycles. The number of carbonyl (C=O) groups is 3. The maximum Gasteiger partial charge on any atom is 0.243 e. The summed E-state index contributed by atoms with van der Waals surface area (Å²) in [6, 6.07) is -0.970. The number of carbonyl (C=O) groups excluding carboxylic acids is 3. The van der Waals surface area contributed by atoms with E-state index in [2.05, 4.69) is 28.2 Å². The van der Waals surface area contributed by atoms with Crippen LogP contribution in [0.1, 0.15) is 52.9 Å². The topological polar surface area (TPSA) is 99.3 Å². The van der Waals surface area contributed by atoms with E-state index in [1.165, 1.54) is 0 Å². The lowest BCUT2D eigenvalue weighted by Crippen LogP contribution is -2.62. The molecule has 1 aliphatic rings. The van der Waals surface area contributed by atoms with Gasteiger partial charge in [0.2, 0.25) is 17.7 Å². The summed E-state index contributed by atoms with van der Waals surface area (Å²) in [5.41, 5.74) is 0. The van der Waals surface area contributed by atoms with Crippen LogP contribution in [0.25, 0.3) is 0 Å². The number of piperazine rings is 1. The molecule has 0 saturated carbocycles. The Kier molecular flexibility index (Phi) is 8.61. The van der Waals surface area contributed by atoms with Gasteiger partial charge in [-0.25, -0.2) is 0 Å². The molecule has 0 aromatic carbocycles. The fourth-order valence-corrected chi connectivity index (χ4v) is 2.40. The Morgan fingerprint density at radius 2 is 1.74 bits per heavy atom. The van der Waals surface area contributed by atoms with E-state index in [4.69, 9.17) is 0 Å². The summed E-state index contributed by atoms with van der Waals surface area (Å²) in [5, 5.41) is 11.3. The third-order valence-corrected chi connectivity index (χ3v) is 3.74. The lowest BCUT2D eigenvalue weighted by Gasteiger charge is -2.29. The van der Waals surface area contributed by atoms with Gasteiger partial charge in [0.05, 0.1) is 6.42 Å². The molecular weight excluding hydrogens is 296 g/mol. The van der Waals surface area contributed by atoms with Crippen LogP contribution in [0.5, 0.6) is 0 Å². The van der Waals surface area contributed by atoms with Crippen molar-refractivity contribution < 1.29 is 14.4 Å². The molecule has 1 unspecified atom stereocenters. The molecule has 1 aliphatic heterocycles. The summed E-state index contributed by atoms with van der Waals surface area (Å²) in [7, 11) is 0. The number of hydrogen-bond donors (Lipinski definition) is 4. The van der Waals surface area contributed by atoms with Crippen LogP contribution in [0.15, 0.2) is 0 Å². The van der Waals surface area contributed by atoms with Gasteiger partial charge in [-0.1, -0.05) is 33.6 Å². The molecule has 4 N–H and O–H groups in total. The van der Waals surface area contributed by atoms with Crippen molar-refractivity contribution in [3.8, 4) is 0 Å². The number of rotatable bonds is 10. The van der Waals surface area contributed by atoms with Gasteiger partial charge in [-0.3, -0.25) is 14.4 Å². The van der Waals surface area contributed by atoms with Crippen LogP contribution in [-0.4, -0.2) is 48.9 Å². The van der Waals surface area contributed by atoms with Crippen molar-refractivity contribution in [2.45, 2.75) is 71.0 Å². The maximum absolute atomic E-state index is 12.0. The summed E-state index contributed by atoms with van der Waals surface area (Å²) in [6.45, 7) is 7.40. The highest BCUT2D eigenvalue weighted by Gasteiger charge is 2.34. The fourth-order valence-electron chi connectivity index (χ4n) is 2.40. The van der Waals surface area contributed by atoms with Gasteiger partial charge < -0.3 is 21.3 Å². The van der Waals surface area contributed by atoms with Gasteiger partial charge in [-0.15, -0.1) is 0 Å². The standard InChI is InChI=1S/C16H30N4O3/c1-4-5-6-8-18-14(21)10-13-16(23)19-12(15(22)20-13)7-9-17-11(2)3/h11-13,17H,4-10H2,1-3H3,(H,18,21)(H,19,23)(H,20,22)/t12-,13?/m1/s1. The minimum Gasteiger partial charge on any atom is -0.356 e. The average molecular weight is 326 g/mol. The van der Waals surface area contributed by atoms with Crippen molar-refractivity contribution >= 4 is 17.7 Å². The molecule has 7 heteroatoms. The Bertz CT molecular complexity index is 412. The number of amides is 3. The van der Waals surface area contributed by atoms with Crippen LogP contribution in [0, 0.1) is 0 Å². The molecule has 7 nitrogen and oxygen atoms in total. The lowest BCUT2D eigenvalue weighted by molar-refractivity contribution is -0.138. The first-order valence-electron chi connectivity index (χ1n) is 8.54. The second kappa shape index (κ2) is 10.2. The van der Waals surface area contributed by atoms with E-state index in [0.29, 0.717) is 25.6 Å². The highest BCUT2D eigenvalue weighted by Crippen LogP contribution is 2.04. The molecule has 2 atom stereocenters. The molecule has 0 radical (unpaired) electrons. The highest BCUT2D eigenvalue weighted by atomic mass is 16.2. The van der Waals surface area contributed by atoms with Crippen LogP contribution in [-0.2, 0) is 14.4 Å². The molecule has 132 valence electrons. The van der Waals surface area contributed by atoms with E-state index in [1.54, 1.807) is 0 Å². The molecule has 23 heavy (non-hydrogen) atoms. The van der Waals surface area contributed by atoms with Crippen LogP contribution in [0.2, 0.25) is 0 Å². The average Bonchev–Trinajstić information content (AvgIpc) is 2.48. The first-order valence-corrected chi connectivity index (χ1v) is 8.54. The largest absolute Gasteiger partial charge is 0.356 e. The quantitative estimate of drug-likeness (QED) is 0.426. The molecule has 3 amide bonds. The van der Waals surface area contributed by atoms with Gasteiger partial charge >= 0.3 is 0 Å². The van der Waals surface area contributed by atoms with E-state index in [9.17, 15) is 14.4 Å². The van der Waals surface area contributed by atoms with Crippen molar-refractivity contribution in [3.05, 3.63) is 0 Å². The molecule has 0 aromatic heterocycles. The molecular formula is C16H30N4O3. The third-order valence-electron chi connectivity index (χ3n) is 3.74. The minimum absolute atomic E-state index is 0.0132. The number of unbranched alkanes of at least 4 members (excludes halogenated alkanes) is 2. The van der Waals surface area contributed by atoms with Gasteiger partial charge in [0.15, 0.2) is 0 Å². The van der Waals surface area contributed by atoms with Crippen LogP contribution >= 0.6 is 0 Å². The van der Waals surface area contributed by atoms with Crippen molar-refractivity contribution in [3.63, 3.8) is 0 Å². The van der Waals surface area contributed by atoms with Gasteiger partial charge in [0.1, 0.15) is 12.1 Å². The molecule has 1 heterocycles. The SMILES string of the molecule is CCCCCNC(=O)CC1NC(=O)[C@@H](CCNC(C)C)NC1=O. The van der Waals surface area contributed by atoms with Crippen molar-refractivity contribution in [2.24, 2.45) is 0 Å². The van der Waals surface area contributed by atoms with Gasteiger partial charge in [-0.2, -0.15) is 0 Å². The molecule has 1 rings (SSSR count). The van der Waals surface area contributed by atoms with Gasteiger partial charge in [0, 0.05) is 12.6 Å². The molecule has 0 bridgehead atoms. The summed E-state index contributed by atoms with van der Waals surface area (Å²) in [6.07, 6.45) is 3.60. The Balaban J connectivity index is 2.33. The summed E-state index contributed by atoms with van der Waals surface area (Å²) in [5.74, 6) is -0.719. The third kappa shape index (κ3) is 7.45. The van der Waals surface area contributed by atoms with Crippen LogP contribution < -0.4 is 21.3 Å². The number of hydrogen-bond acceptors (Lipinski definition) is 4. The normalized spacial score (nSPS) is 21.0. The monoisotopic (exact) mass is 326 g/mol. The first kappa shape index (κ1) is 19.4. The van der Waals surface area contributed by atoms with Crippen molar-refractivity contribution in [1.29, 1.82) is 0 Å². The Labute approximate surface area is 138 Å². The zero-order chi connectivity index (χ0) is 17.2. The van der Waals surface area contributed by atoms with Crippen LogP contribution in [0.4, 0.5) is 0 Å². The Morgan fingerprint density at radius 1 is 1.09 bits per heavy atom. The van der Waals surface area contributed by atoms with Crippen molar-refractivity contribution in [2.75, 3.05) is 13.1 Å². The molecule has 1 fully saturated rings. The predicted octanol–water partition coefficient (Wildman–Crippen LogP) is 0.0542. The van der Waals surface area contributed by atoms with E-state index in [1.807, 2.05) is 13.8 Å². The second-order valence-corrected chi connectivity index (χ2v) is 6.28. The number of nitrogens with one attached hydrogen (secondary N) is 4. The molecule has 0 aromatic rings. The lowest BCUT2D eigenvalue weighted by atomic mass is 10.0. The van der Waals surface area contributed by atoms with E-state index < -0.39 is 12.1 Å². The minimum atomic E-state index is -0.775. The highest BCUT2D eigenvalue weighted by molar-refractivity contribution is 5.99. The van der Waals surface area contributed by atoms with Crippen molar-refractivity contribution in [1.82, 2.24) is 21.3 Å². The Hall–Kier alpha value is -1.63. The van der Waals surface area contributed by atoms with E-state index in [-0.39, 0.29) is 24.1 Å². The van der Waals surface area contributed by atoms with E-state index >= 15 is 0 Å². The van der Waals surface area contributed by atoms with Gasteiger partial charge in [0.25, 0.3) is 0 Å². The van der Waals surface area contributed by atoms with Gasteiger partial charge in [-0.05, 0) is 19.4 Å². The smallest absolute Gasteiger partial charge is 0.243 e. The second-order valence-electron chi connectivity index (χ2n) is 6.28. The molecule has 0 spiro atoms. The predicted molar refractivity (Wildman–Crippen MR) is 88.8 cm³/mol. The fraction of sp³-hybridized carbons (Fsp3) is 0.812. The summed E-state index contributed by atoms with van der Waals surface area (Å²) >= 11 is 0. The zero-order valence-corrected chi connectivity index (χ0v) is 14.4. The molecule has 1 saturated heterocycles. The zero-order valence-electron chi connectivity index (χ0n) is 14.4. The Morgan fingerprint density at radius 3 is 2.39 bits per heavy atom. The van der Waals surface area contributed by atoms with Crippen LogP contribution in [0.3, 0.4) is 0 Å². The maximum atomic E-state index is 12.0. The summed E-state index contributed by atoms with van der Waals surface area (Å²) < 4.78 is 0. The summed E-state index contributed by atoms with van der Waals surface area (Å²) in [4.78, 5) is 35.9. The van der Waals surface area contributed by atoms with E-state index in [0.717, 1.165) is 19.3 Å². The first-order chi connectivity index (χ1) is 10.9.